The molecule has 0 saturated carbocycles. The van der Waals surface area contributed by atoms with Crippen LogP contribution in [0.25, 0.3) is 0 Å². The molecule has 9 heavy (non-hydrogen) atoms. The van der Waals surface area contributed by atoms with Crippen molar-refractivity contribution < 1.29 is 5.11 Å². The van der Waals surface area contributed by atoms with Gasteiger partial charge in [0.25, 0.3) is 0 Å². The van der Waals surface area contributed by atoms with E-state index in [0.717, 1.165) is 17.7 Å². The predicted octanol–water partition coefficient (Wildman–Crippen LogP) is 1.93. The third kappa shape index (κ3) is 5.93. The molecule has 2 heteroatoms. The van der Waals surface area contributed by atoms with Crippen LogP contribution in [-0.2, 0) is 0 Å². The minimum atomic E-state index is -0.260. The van der Waals surface area contributed by atoms with E-state index >= 15 is 0 Å². The van der Waals surface area contributed by atoms with Gasteiger partial charge in [-0.15, -0.1) is 0 Å². The van der Waals surface area contributed by atoms with E-state index < -0.39 is 0 Å². The van der Waals surface area contributed by atoms with Gasteiger partial charge in [-0.2, -0.15) is 0 Å². The topological polar surface area (TPSA) is 20.2 Å². The fourth-order valence-electron chi connectivity index (χ4n) is 0.710. The largest absolute Gasteiger partial charge is 0.393 e. The molecule has 0 heterocycles. The van der Waals surface area contributed by atoms with E-state index in [1.54, 1.807) is 6.92 Å². The van der Waals surface area contributed by atoms with Crippen LogP contribution in [-0.4, -0.2) is 16.1 Å². The summed E-state index contributed by atoms with van der Waals surface area (Å²) in [6.07, 6.45) is 2.48. The molecule has 0 aliphatic carbocycles. The Hall–Kier alpha value is 0.0500. The highest BCUT2D eigenvalue weighted by atomic mass is 32.1. The summed E-state index contributed by atoms with van der Waals surface area (Å²) in [6, 6.07) is 0. The van der Waals surface area contributed by atoms with Crippen molar-refractivity contribution in [3.63, 3.8) is 0 Å². The second-order valence-corrected chi connectivity index (χ2v) is 2.92. The molecule has 0 radical (unpaired) electrons. The van der Waals surface area contributed by atoms with Gasteiger partial charge in [0.2, 0.25) is 0 Å². The maximum absolute atomic E-state index is 8.86. The third-order valence-corrected chi connectivity index (χ3v) is 1.42. The van der Waals surface area contributed by atoms with Gasteiger partial charge in [-0.3, -0.25) is 0 Å². The van der Waals surface area contributed by atoms with Crippen molar-refractivity contribution in [2.24, 2.45) is 0 Å². The van der Waals surface area contributed by atoms with Gasteiger partial charge in [0.05, 0.1) is 6.10 Å². The summed E-state index contributed by atoms with van der Waals surface area (Å²) >= 11 is 4.97. The predicted molar refractivity (Wildman–Crippen MR) is 43.8 cm³/mol. The van der Waals surface area contributed by atoms with Gasteiger partial charge in [0, 0.05) is 6.42 Å². The molecule has 0 saturated heterocycles. The Morgan fingerprint density at radius 2 is 2.22 bits per heavy atom. The van der Waals surface area contributed by atoms with Crippen molar-refractivity contribution in [3.8, 4) is 0 Å². The average Bonchev–Trinajstić information content (AvgIpc) is 1.63. The zero-order valence-corrected chi connectivity index (χ0v) is 6.87. The molecule has 0 aliphatic rings. The Morgan fingerprint density at radius 3 is 2.56 bits per heavy atom. The smallest absolute Gasteiger partial charge is 0.0557 e. The summed E-state index contributed by atoms with van der Waals surface area (Å²) in [5, 5.41) is 8.86. The molecular formula is C7H14OS. The average molecular weight is 146 g/mol. The summed E-state index contributed by atoms with van der Waals surface area (Å²) in [7, 11) is 0. The molecule has 54 valence electrons. The first kappa shape index (κ1) is 9.05. The van der Waals surface area contributed by atoms with Crippen LogP contribution in [0.5, 0.6) is 0 Å². The number of rotatable bonds is 4. The van der Waals surface area contributed by atoms with Gasteiger partial charge in [-0.25, -0.2) is 0 Å². The van der Waals surface area contributed by atoms with E-state index in [9.17, 15) is 0 Å². The lowest BCUT2D eigenvalue weighted by atomic mass is 10.1. The van der Waals surface area contributed by atoms with Crippen molar-refractivity contribution >= 4 is 17.1 Å². The highest BCUT2D eigenvalue weighted by Gasteiger charge is 1.99. The monoisotopic (exact) mass is 146 g/mol. The van der Waals surface area contributed by atoms with E-state index in [2.05, 4.69) is 6.92 Å². The molecule has 0 amide bonds. The Morgan fingerprint density at radius 1 is 1.67 bits per heavy atom. The number of aliphatic hydroxyl groups excluding tert-OH is 1. The van der Waals surface area contributed by atoms with E-state index in [1.807, 2.05) is 0 Å². The van der Waals surface area contributed by atoms with Gasteiger partial charge in [0.1, 0.15) is 0 Å². The third-order valence-electron chi connectivity index (χ3n) is 1.05. The van der Waals surface area contributed by atoms with Crippen molar-refractivity contribution in [1.29, 1.82) is 0 Å². The van der Waals surface area contributed by atoms with Gasteiger partial charge in [0.15, 0.2) is 0 Å². The van der Waals surface area contributed by atoms with Crippen LogP contribution in [0.1, 0.15) is 33.1 Å². The quantitative estimate of drug-likeness (QED) is 0.611. The molecule has 0 aromatic rings. The lowest BCUT2D eigenvalue weighted by molar-refractivity contribution is 0.203. The minimum Gasteiger partial charge on any atom is -0.393 e. The lowest BCUT2D eigenvalue weighted by Crippen LogP contribution is -2.06. The standard InChI is InChI=1S/C7H14OS/c1-3-4-7(9)5-6(2)8/h6,8H,3-5H2,1-2H3. The van der Waals surface area contributed by atoms with E-state index in [1.165, 1.54) is 0 Å². The Balaban J connectivity index is 3.27. The minimum absolute atomic E-state index is 0.260. The summed E-state index contributed by atoms with van der Waals surface area (Å²) in [5.74, 6) is 0. The number of thiocarbonyl (C=S) groups is 1. The zero-order chi connectivity index (χ0) is 7.28. The van der Waals surface area contributed by atoms with Gasteiger partial charge >= 0.3 is 0 Å². The fraction of sp³-hybridized carbons (Fsp3) is 0.857. The number of hydrogen-bond donors (Lipinski definition) is 1. The summed E-state index contributed by atoms with van der Waals surface area (Å²) in [6.45, 7) is 3.86. The molecule has 0 fully saturated rings. The Bertz CT molecular complexity index is 88.9. The van der Waals surface area contributed by atoms with Crippen molar-refractivity contribution in [2.45, 2.75) is 39.2 Å². The Labute approximate surface area is 62.1 Å². The van der Waals surface area contributed by atoms with Crippen LogP contribution in [0.3, 0.4) is 0 Å². The molecule has 0 aromatic carbocycles. The number of hydrogen-bond acceptors (Lipinski definition) is 2. The van der Waals surface area contributed by atoms with Crippen LogP contribution in [0.15, 0.2) is 0 Å². The fourth-order valence-corrected chi connectivity index (χ4v) is 1.16. The summed E-state index contributed by atoms with van der Waals surface area (Å²) < 4.78 is 0. The second-order valence-electron chi connectivity index (χ2n) is 2.34. The number of aliphatic hydroxyl groups is 1. The SMILES string of the molecule is CCCC(=S)CC(C)O. The first-order valence-corrected chi connectivity index (χ1v) is 3.77. The molecule has 1 atom stereocenters. The van der Waals surface area contributed by atoms with Crippen LogP contribution >= 0.6 is 12.2 Å². The van der Waals surface area contributed by atoms with Crippen LogP contribution in [0, 0.1) is 0 Å². The van der Waals surface area contributed by atoms with E-state index in [-0.39, 0.29) is 6.10 Å². The normalized spacial score (nSPS) is 13.2. The molecule has 0 aromatic heterocycles. The maximum atomic E-state index is 8.86. The molecule has 0 rings (SSSR count). The van der Waals surface area contributed by atoms with Gasteiger partial charge < -0.3 is 5.11 Å². The molecule has 1 nitrogen and oxygen atoms in total. The molecule has 0 bridgehead atoms. The highest BCUT2D eigenvalue weighted by molar-refractivity contribution is 7.80. The van der Waals surface area contributed by atoms with Crippen LogP contribution in [0.2, 0.25) is 0 Å². The van der Waals surface area contributed by atoms with Crippen molar-refractivity contribution in [1.82, 2.24) is 0 Å². The van der Waals surface area contributed by atoms with Gasteiger partial charge in [-0.1, -0.05) is 25.6 Å². The summed E-state index contributed by atoms with van der Waals surface area (Å²) in [5.41, 5.74) is 0. The van der Waals surface area contributed by atoms with Crippen molar-refractivity contribution in [2.75, 3.05) is 0 Å². The summed E-state index contributed by atoms with van der Waals surface area (Å²) in [4.78, 5) is 0.993. The molecule has 1 unspecified atom stereocenters. The molecule has 0 spiro atoms. The van der Waals surface area contributed by atoms with Gasteiger partial charge in [-0.05, 0) is 18.2 Å². The van der Waals surface area contributed by atoms with Crippen LogP contribution < -0.4 is 0 Å². The van der Waals surface area contributed by atoms with E-state index in [0.29, 0.717) is 6.42 Å². The maximum Gasteiger partial charge on any atom is 0.0557 e. The lowest BCUT2D eigenvalue weighted by Gasteiger charge is -2.02. The zero-order valence-electron chi connectivity index (χ0n) is 6.05. The first-order chi connectivity index (χ1) is 4.16. The van der Waals surface area contributed by atoms with Crippen LogP contribution in [0.4, 0.5) is 0 Å². The molecule has 0 aliphatic heterocycles. The Kier molecular flexibility index (Phi) is 4.91. The molecular weight excluding hydrogens is 132 g/mol. The highest BCUT2D eigenvalue weighted by Crippen LogP contribution is 2.00. The van der Waals surface area contributed by atoms with E-state index in [4.69, 9.17) is 17.3 Å². The second kappa shape index (κ2) is 4.89. The molecule has 1 N–H and O–H groups in total. The van der Waals surface area contributed by atoms with Crippen molar-refractivity contribution in [3.05, 3.63) is 0 Å². The first-order valence-electron chi connectivity index (χ1n) is 3.36.